The van der Waals surface area contributed by atoms with E-state index in [2.05, 4.69) is 151 Å². The maximum absolute atomic E-state index is 2.39. The van der Waals surface area contributed by atoms with Crippen LogP contribution in [0.1, 0.15) is 11.1 Å². The SMILES string of the molecule is Cc1cc(-c2c3ccc4cc(-n5c6ccccc6c6ccccc65)ccc4c3cc[n+]2C)c(C)c2ccccc12. The van der Waals surface area contributed by atoms with Gasteiger partial charge in [0, 0.05) is 27.9 Å². The Labute approximate surface area is 233 Å². The lowest BCUT2D eigenvalue weighted by Gasteiger charge is -2.14. The predicted octanol–water partition coefficient (Wildman–Crippen LogP) is 9.35. The van der Waals surface area contributed by atoms with Crippen LogP contribution in [0.4, 0.5) is 0 Å². The Balaban J connectivity index is 1.38. The van der Waals surface area contributed by atoms with Gasteiger partial charge in [0.05, 0.1) is 22.0 Å². The molecule has 0 N–H and O–H groups in total. The van der Waals surface area contributed by atoms with Crippen molar-refractivity contribution in [1.29, 1.82) is 0 Å². The maximum Gasteiger partial charge on any atom is 0.220 e. The highest BCUT2D eigenvalue weighted by molar-refractivity contribution is 6.13. The third kappa shape index (κ3) is 3.20. The van der Waals surface area contributed by atoms with Crippen LogP contribution in [0.15, 0.2) is 121 Å². The highest BCUT2D eigenvalue weighted by Gasteiger charge is 2.21. The van der Waals surface area contributed by atoms with Crippen molar-refractivity contribution in [2.24, 2.45) is 7.05 Å². The van der Waals surface area contributed by atoms with Crippen LogP contribution in [0.25, 0.3) is 71.1 Å². The maximum atomic E-state index is 2.39. The molecule has 40 heavy (non-hydrogen) atoms. The minimum Gasteiger partial charge on any atom is -0.309 e. The summed E-state index contributed by atoms with van der Waals surface area (Å²) in [4.78, 5) is 0. The summed E-state index contributed by atoms with van der Waals surface area (Å²) >= 11 is 0. The van der Waals surface area contributed by atoms with Crippen molar-refractivity contribution in [2.45, 2.75) is 13.8 Å². The topological polar surface area (TPSA) is 8.81 Å². The fraction of sp³-hybridized carbons (Fsp3) is 0.0789. The number of pyridine rings is 1. The van der Waals surface area contributed by atoms with Crippen molar-refractivity contribution < 1.29 is 4.57 Å². The van der Waals surface area contributed by atoms with Crippen LogP contribution in [0.2, 0.25) is 0 Å². The number of rotatable bonds is 2. The number of aromatic nitrogens is 2. The second-order valence-corrected chi connectivity index (χ2v) is 11.0. The first-order valence-corrected chi connectivity index (χ1v) is 13.9. The number of aryl methyl sites for hydroxylation is 3. The summed E-state index contributed by atoms with van der Waals surface area (Å²) in [5.41, 5.74) is 8.85. The molecule has 190 valence electrons. The average Bonchev–Trinajstić information content (AvgIpc) is 3.33. The highest BCUT2D eigenvalue weighted by atomic mass is 15.0. The molecule has 0 fully saturated rings. The van der Waals surface area contributed by atoms with E-state index in [1.54, 1.807) is 0 Å². The molecular weight excluding hydrogens is 484 g/mol. The molecule has 0 atom stereocenters. The first kappa shape index (κ1) is 23.0. The van der Waals surface area contributed by atoms with Crippen LogP contribution in [-0.4, -0.2) is 4.57 Å². The second kappa shape index (κ2) is 8.53. The summed E-state index contributed by atoms with van der Waals surface area (Å²) in [6.07, 6.45) is 2.21. The number of benzene rings is 6. The van der Waals surface area contributed by atoms with E-state index in [4.69, 9.17) is 0 Å². The van der Waals surface area contributed by atoms with Gasteiger partial charge in [0.1, 0.15) is 7.05 Å². The quantitative estimate of drug-likeness (QED) is 0.161. The van der Waals surface area contributed by atoms with Crippen LogP contribution in [-0.2, 0) is 7.05 Å². The zero-order chi connectivity index (χ0) is 27.0. The smallest absolute Gasteiger partial charge is 0.220 e. The number of hydrogen-bond donors (Lipinski definition) is 0. The molecule has 0 bridgehead atoms. The zero-order valence-electron chi connectivity index (χ0n) is 22.9. The molecule has 2 aromatic heterocycles. The fourth-order valence-electron chi connectivity index (χ4n) is 6.80. The third-order valence-corrected chi connectivity index (χ3v) is 8.73. The molecule has 0 spiro atoms. The Kier molecular flexibility index (Phi) is 4.90. The molecule has 0 aliphatic heterocycles. The van der Waals surface area contributed by atoms with Gasteiger partial charge in [0.25, 0.3) is 0 Å². The van der Waals surface area contributed by atoms with E-state index in [0.29, 0.717) is 0 Å². The van der Waals surface area contributed by atoms with Gasteiger partial charge in [0.2, 0.25) is 5.69 Å². The summed E-state index contributed by atoms with van der Waals surface area (Å²) in [5.74, 6) is 0. The van der Waals surface area contributed by atoms with Crippen molar-refractivity contribution in [2.75, 3.05) is 0 Å². The lowest BCUT2D eigenvalue weighted by atomic mass is 9.91. The Morgan fingerprint density at radius 1 is 0.525 bits per heavy atom. The molecule has 6 aromatic carbocycles. The molecule has 0 saturated carbocycles. The average molecular weight is 514 g/mol. The second-order valence-electron chi connectivity index (χ2n) is 11.0. The number of para-hydroxylation sites is 2. The van der Waals surface area contributed by atoms with Crippen LogP contribution in [0.5, 0.6) is 0 Å². The highest BCUT2D eigenvalue weighted by Crippen LogP contribution is 2.37. The van der Waals surface area contributed by atoms with E-state index in [1.807, 2.05) is 0 Å². The minimum atomic E-state index is 1.19. The lowest BCUT2D eigenvalue weighted by molar-refractivity contribution is -0.659. The first-order chi connectivity index (χ1) is 19.6. The predicted molar refractivity (Wildman–Crippen MR) is 169 cm³/mol. The molecule has 0 unspecified atom stereocenters. The number of fused-ring (bicyclic) bond motifs is 7. The van der Waals surface area contributed by atoms with Gasteiger partial charge in [-0.3, -0.25) is 0 Å². The van der Waals surface area contributed by atoms with Crippen LogP contribution in [0.3, 0.4) is 0 Å². The van der Waals surface area contributed by atoms with E-state index in [0.717, 1.165) is 0 Å². The van der Waals surface area contributed by atoms with Crippen molar-refractivity contribution in [1.82, 2.24) is 4.57 Å². The molecule has 8 rings (SSSR count). The van der Waals surface area contributed by atoms with E-state index < -0.39 is 0 Å². The van der Waals surface area contributed by atoms with Gasteiger partial charge in [-0.2, -0.15) is 0 Å². The number of nitrogens with zero attached hydrogens (tertiary/aromatic N) is 2. The minimum absolute atomic E-state index is 1.19. The Hall–Kier alpha value is -4.95. The van der Waals surface area contributed by atoms with Gasteiger partial charge in [0.15, 0.2) is 6.20 Å². The molecule has 2 heteroatoms. The molecular formula is C38H29N2+. The van der Waals surface area contributed by atoms with Crippen molar-refractivity contribution in [3.63, 3.8) is 0 Å². The summed E-state index contributed by atoms with van der Waals surface area (Å²) in [6, 6.07) is 42.3. The lowest BCUT2D eigenvalue weighted by Crippen LogP contribution is -2.30. The normalized spacial score (nSPS) is 11.9. The molecule has 0 aliphatic rings. The fourth-order valence-corrected chi connectivity index (χ4v) is 6.80. The van der Waals surface area contributed by atoms with Crippen LogP contribution < -0.4 is 4.57 Å². The Morgan fingerprint density at radius 3 is 1.88 bits per heavy atom. The van der Waals surface area contributed by atoms with Crippen LogP contribution >= 0.6 is 0 Å². The van der Waals surface area contributed by atoms with Crippen molar-refractivity contribution in [3.8, 4) is 16.9 Å². The van der Waals surface area contributed by atoms with Gasteiger partial charge >= 0.3 is 0 Å². The molecule has 0 radical (unpaired) electrons. The summed E-state index contributed by atoms with van der Waals surface area (Å²) in [6.45, 7) is 4.48. The summed E-state index contributed by atoms with van der Waals surface area (Å²) < 4.78 is 4.67. The van der Waals surface area contributed by atoms with Gasteiger partial charge in [-0.05, 0) is 82.9 Å². The molecule has 0 saturated heterocycles. The standard InChI is InChI=1S/C38H29N2/c1-24-22-35(25(2)29-11-5-4-10-28(24)29)38-34-18-16-26-23-27(17-19-30(26)31(34)20-21-39(38)3)40-36-14-8-6-12-32(36)33-13-7-9-15-37(33)40/h4-23H,1-3H3/q+1. The van der Waals surface area contributed by atoms with Crippen molar-refractivity contribution >= 4 is 54.1 Å². The monoisotopic (exact) mass is 513 g/mol. The van der Waals surface area contributed by atoms with E-state index in [1.165, 1.54) is 82.2 Å². The first-order valence-electron chi connectivity index (χ1n) is 13.9. The van der Waals surface area contributed by atoms with E-state index in [-0.39, 0.29) is 0 Å². The Bertz CT molecular complexity index is 2250. The van der Waals surface area contributed by atoms with E-state index in [9.17, 15) is 0 Å². The van der Waals surface area contributed by atoms with Gasteiger partial charge in [-0.15, -0.1) is 0 Å². The van der Waals surface area contributed by atoms with Crippen LogP contribution in [0, 0.1) is 13.8 Å². The molecule has 0 amide bonds. The third-order valence-electron chi connectivity index (χ3n) is 8.73. The number of hydrogen-bond acceptors (Lipinski definition) is 0. The largest absolute Gasteiger partial charge is 0.309 e. The van der Waals surface area contributed by atoms with Crippen molar-refractivity contribution in [3.05, 3.63) is 133 Å². The van der Waals surface area contributed by atoms with Gasteiger partial charge < -0.3 is 4.57 Å². The van der Waals surface area contributed by atoms with Gasteiger partial charge in [-0.25, -0.2) is 4.57 Å². The Morgan fingerprint density at radius 2 is 1.15 bits per heavy atom. The van der Waals surface area contributed by atoms with Gasteiger partial charge in [-0.1, -0.05) is 72.8 Å². The molecule has 0 aliphatic carbocycles. The summed E-state index contributed by atoms with van der Waals surface area (Å²) in [5, 5.41) is 10.3. The van der Waals surface area contributed by atoms with E-state index >= 15 is 0 Å². The molecule has 8 aromatic rings. The summed E-state index contributed by atoms with van der Waals surface area (Å²) in [7, 11) is 2.16. The molecule has 2 heterocycles. The molecule has 2 nitrogen and oxygen atoms in total. The zero-order valence-corrected chi connectivity index (χ0v) is 22.9.